The smallest absolute Gasteiger partial charge is 0.240 e. The highest BCUT2D eigenvalue weighted by Gasteiger charge is 2.06. The molecular weight excluding hydrogens is 463 g/mol. The summed E-state index contributed by atoms with van der Waals surface area (Å²) in [5.74, 6) is -0.590. The quantitative estimate of drug-likeness (QED) is 0.390. The van der Waals surface area contributed by atoms with E-state index in [2.05, 4.69) is 21.1 Å². The first kappa shape index (κ1) is 26.2. The first-order chi connectivity index (χ1) is 15.7. The van der Waals surface area contributed by atoms with Crippen molar-refractivity contribution < 1.29 is 9.59 Å². The van der Waals surface area contributed by atoms with Crippen molar-refractivity contribution in [3.63, 3.8) is 0 Å². The molecule has 0 aromatic heterocycles. The minimum Gasteiger partial charge on any atom is -0.378 e. The molecule has 33 heavy (non-hydrogen) atoms. The summed E-state index contributed by atoms with van der Waals surface area (Å²) < 4.78 is 0. The van der Waals surface area contributed by atoms with E-state index < -0.39 is 0 Å². The van der Waals surface area contributed by atoms with Crippen molar-refractivity contribution >= 4 is 58.8 Å². The Morgan fingerprint density at radius 2 is 1.18 bits per heavy atom. The second-order valence-corrected chi connectivity index (χ2v) is 8.45. The van der Waals surface area contributed by atoms with E-state index in [9.17, 15) is 9.59 Å². The third kappa shape index (κ3) is 8.75. The van der Waals surface area contributed by atoms with Crippen LogP contribution in [0.25, 0.3) is 0 Å². The SMILES string of the molecule is CN(C)c1ccc(C=NNC(=O)CCCC(=O)N/N=C/c2ccc(N(C)C)cc2Cl)c(Cl)c1. The molecule has 176 valence electrons. The summed E-state index contributed by atoms with van der Waals surface area (Å²) >= 11 is 12.4. The van der Waals surface area contributed by atoms with E-state index in [-0.39, 0.29) is 24.7 Å². The topological polar surface area (TPSA) is 89.4 Å². The van der Waals surface area contributed by atoms with Gasteiger partial charge in [0.1, 0.15) is 0 Å². The Bertz CT molecular complexity index is 956. The van der Waals surface area contributed by atoms with Crippen molar-refractivity contribution in [1.29, 1.82) is 0 Å². The van der Waals surface area contributed by atoms with Crippen LogP contribution in [0, 0.1) is 0 Å². The van der Waals surface area contributed by atoms with E-state index >= 15 is 0 Å². The summed E-state index contributed by atoms with van der Waals surface area (Å²) in [4.78, 5) is 27.7. The highest BCUT2D eigenvalue weighted by Crippen LogP contribution is 2.22. The molecule has 0 saturated carbocycles. The summed E-state index contributed by atoms with van der Waals surface area (Å²) in [5.41, 5.74) is 8.19. The van der Waals surface area contributed by atoms with Crippen molar-refractivity contribution in [2.75, 3.05) is 38.0 Å². The van der Waals surface area contributed by atoms with Crippen LogP contribution in [0.2, 0.25) is 10.0 Å². The molecule has 0 atom stereocenters. The predicted molar refractivity (Wildman–Crippen MR) is 137 cm³/mol. The fourth-order valence-corrected chi connectivity index (χ4v) is 3.11. The lowest BCUT2D eigenvalue weighted by Crippen LogP contribution is -2.20. The third-order valence-electron chi connectivity index (χ3n) is 4.59. The second kappa shape index (κ2) is 12.8. The molecule has 0 heterocycles. The molecule has 0 fully saturated rings. The molecule has 2 aromatic rings. The molecule has 2 rings (SSSR count). The lowest BCUT2D eigenvalue weighted by molar-refractivity contribution is -0.122. The van der Waals surface area contributed by atoms with Crippen molar-refractivity contribution in [2.24, 2.45) is 10.2 Å². The monoisotopic (exact) mass is 490 g/mol. The Balaban J connectivity index is 1.71. The molecule has 0 bridgehead atoms. The number of anilines is 2. The van der Waals surface area contributed by atoms with Crippen LogP contribution in [0.3, 0.4) is 0 Å². The second-order valence-electron chi connectivity index (χ2n) is 7.64. The van der Waals surface area contributed by atoms with Crippen molar-refractivity contribution in [2.45, 2.75) is 19.3 Å². The molecule has 10 heteroatoms. The van der Waals surface area contributed by atoms with Gasteiger partial charge in [0.2, 0.25) is 11.8 Å². The normalized spacial score (nSPS) is 11.1. The number of nitrogens with zero attached hydrogens (tertiary/aromatic N) is 4. The first-order valence-electron chi connectivity index (χ1n) is 10.2. The fourth-order valence-electron chi connectivity index (χ4n) is 2.67. The highest BCUT2D eigenvalue weighted by atomic mass is 35.5. The summed E-state index contributed by atoms with van der Waals surface area (Å²) in [6.45, 7) is 0. The Morgan fingerprint density at radius 3 is 1.52 bits per heavy atom. The van der Waals surface area contributed by atoms with Gasteiger partial charge in [-0.2, -0.15) is 10.2 Å². The molecule has 0 radical (unpaired) electrons. The lowest BCUT2D eigenvalue weighted by Gasteiger charge is -2.13. The number of halogens is 2. The van der Waals surface area contributed by atoms with Gasteiger partial charge in [0.05, 0.1) is 22.5 Å². The molecule has 0 aliphatic rings. The van der Waals surface area contributed by atoms with Crippen LogP contribution in [0.15, 0.2) is 46.6 Å². The zero-order chi connectivity index (χ0) is 24.4. The lowest BCUT2D eigenvalue weighted by atomic mass is 10.2. The van der Waals surface area contributed by atoms with Gasteiger partial charge in [0.15, 0.2) is 0 Å². The molecule has 0 saturated heterocycles. The number of hydrazone groups is 2. The number of hydrogen-bond acceptors (Lipinski definition) is 6. The first-order valence-corrected chi connectivity index (χ1v) is 11.0. The molecule has 0 unspecified atom stereocenters. The molecule has 2 amide bonds. The molecule has 0 aliphatic heterocycles. The van der Waals surface area contributed by atoms with Gasteiger partial charge in [-0.25, -0.2) is 10.9 Å². The minimum absolute atomic E-state index is 0.152. The van der Waals surface area contributed by atoms with Gasteiger partial charge in [-0.15, -0.1) is 0 Å². The van der Waals surface area contributed by atoms with Gasteiger partial charge in [0, 0.05) is 63.5 Å². The number of benzene rings is 2. The zero-order valence-electron chi connectivity index (χ0n) is 19.1. The van der Waals surface area contributed by atoms with Gasteiger partial charge < -0.3 is 9.80 Å². The van der Waals surface area contributed by atoms with Crippen LogP contribution in [0.4, 0.5) is 11.4 Å². The van der Waals surface area contributed by atoms with Gasteiger partial charge in [-0.05, 0) is 42.8 Å². The van der Waals surface area contributed by atoms with Gasteiger partial charge in [-0.3, -0.25) is 9.59 Å². The summed E-state index contributed by atoms with van der Waals surface area (Å²) in [6.07, 6.45) is 3.63. The van der Waals surface area contributed by atoms with Crippen LogP contribution in [-0.2, 0) is 9.59 Å². The van der Waals surface area contributed by atoms with E-state index in [1.807, 2.05) is 74.4 Å². The van der Waals surface area contributed by atoms with E-state index in [0.717, 1.165) is 11.4 Å². The van der Waals surface area contributed by atoms with Crippen LogP contribution in [-0.4, -0.2) is 52.4 Å². The van der Waals surface area contributed by atoms with Gasteiger partial charge in [-0.1, -0.05) is 23.2 Å². The molecule has 8 nitrogen and oxygen atoms in total. The number of carbonyl (C=O) groups is 2. The van der Waals surface area contributed by atoms with Crippen LogP contribution < -0.4 is 20.7 Å². The number of rotatable bonds is 10. The number of amides is 2. The predicted octanol–water partition coefficient (Wildman–Crippen LogP) is 3.90. The average molecular weight is 491 g/mol. The average Bonchev–Trinajstić information content (AvgIpc) is 2.75. The molecule has 0 spiro atoms. The van der Waals surface area contributed by atoms with Crippen LogP contribution >= 0.6 is 23.2 Å². The summed E-state index contributed by atoms with van der Waals surface area (Å²) in [5, 5.41) is 8.91. The Morgan fingerprint density at radius 1 is 0.788 bits per heavy atom. The fraction of sp³-hybridized carbons (Fsp3) is 0.304. The van der Waals surface area contributed by atoms with E-state index in [1.54, 1.807) is 0 Å². The van der Waals surface area contributed by atoms with Gasteiger partial charge >= 0.3 is 0 Å². The van der Waals surface area contributed by atoms with Crippen LogP contribution in [0.5, 0.6) is 0 Å². The van der Waals surface area contributed by atoms with Crippen molar-refractivity contribution in [3.05, 3.63) is 57.6 Å². The third-order valence-corrected chi connectivity index (χ3v) is 5.25. The minimum atomic E-state index is -0.295. The molecule has 2 N–H and O–H groups in total. The maximum absolute atomic E-state index is 11.9. The summed E-state index contributed by atoms with van der Waals surface area (Å²) in [6, 6.07) is 11.1. The van der Waals surface area contributed by atoms with E-state index in [4.69, 9.17) is 23.2 Å². The number of hydrogen-bond donors (Lipinski definition) is 2. The molecule has 2 aromatic carbocycles. The Labute approximate surface area is 204 Å². The Hall–Kier alpha value is -3.10. The number of nitrogens with one attached hydrogen (secondary N) is 2. The van der Waals surface area contributed by atoms with Crippen molar-refractivity contribution in [3.8, 4) is 0 Å². The molecular formula is C23H28Cl2N6O2. The molecule has 0 aliphatic carbocycles. The maximum Gasteiger partial charge on any atom is 0.240 e. The van der Waals surface area contributed by atoms with Crippen LogP contribution in [0.1, 0.15) is 30.4 Å². The Kier molecular flexibility index (Phi) is 10.2. The van der Waals surface area contributed by atoms with E-state index in [1.165, 1.54) is 12.4 Å². The van der Waals surface area contributed by atoms with Crippen molar-refractivity contribution in [1.82, 2.24) is 10.9 Å². The number of carbonyl (C=O) groups excluding carboxylic acids is 2. The highest BCUT2D eigenvalue weighted by molar-refractivity contribution is 6.33. The largest absolute Gasteiger partial charge is 0.378 e. The van der Waals surface area contributed by atoms with E-state index in [0.29, 0.717) is 27.6 Å². The van der Waals surface area contributed by atoms with Gasteiger partial charge in [0.25, 0.3) is 0 Å². The standard InChI is InChI=1S/C23H28Cl2N6O2/c1-30(2)18-10-8-16(20(24)12-18)14-26-28-22(32)6-5-7-23(33)29-27-15-17-9-11-19(31(3)4)13-21(17)25/h8-15H,5-7H2,1-4H3,(H,28,32)(H,29,33)/b26-14+,27-15?. The summed E-state index contributed by atoms with van der Waals surface area (Å²) in [7, 11) is 7.69. The maximum atomic E-state index is 11.9. The zero-order valence-corrected chi connectivity index (χ0v) is 20.6.